The minimum Gasteiger partial charge on any atom is -0.330 e. The fraction of sp³-hybridized carbons (Fsp3) is 0.786. The first-order chi connectivity index (χ1) is 8.69. The van der Waals surface area contributed by atoms with Crippen molar-refractivity contribution in [2.24, 2.45) is 11.7 Å². The van der Waals surface area contributed by atoms with E-state index in [4.69, 9.17) is 5.73 Å². The van der Waals surface area contributed by atoms with Crippen LogP contribution in [0.4, 0.5) is 0 Å². The SMILES string of the molecule is CC(C)N1CCCC(Cc2nc(CCN)cs2)C1. The molecule has 1 aromatic rings. The van der Waals surface area contributed by atoms with Gasteiger partial charge >= 0.3 is 0 Å². The van der Waals surface area contributed by atoms with Crippen molar-refractivity contribution in [1.82, 2.24) is 9.88 Å². The summed E-state index contributed by atoms with van der Waals surface area (Å²) >= 11 is 1.81. The maximum atomic E-state index is 5.56. The Labute approximate surface area is 114 Å². The van der Waals surface area contributed by atoms with Crippen molar-refractivity contribution in [3.63, 3.8) is 0 Å². The number of thiazole rings is 1. The van der Waals surface area contributed by atoms with Crippen molar-refractivity contribution in [3.05, 3.63) is 16.1 Å². The van der Waals surface area contributed by atoms with E-state index in [-0.39, 0.29) is 0 Å². The third-order valence-corrected chi connectivity index (χ3v) is 4.66. The number of likely N-dealkylation sites (tertiary alicyclic amines) is 1. The number of rotatable bonds is 5. The highest BCUT2D eigenvalue weighted by atomic mass is 32.1. The van der Waals surface area contributed by atoms with Gasteiger partial charge in [-0.2, -0.15) is 0 Å². The van der Waals surface area contributed by atoms with Crippen molar-refractivity contribution in [2.75, 3.05) is 19.6 Å². The van der Waals surface area contributed by atoms with Crippen molar-refractivity contribution < 1.29 is 0 Å². The Morgan fingerprint density at radius 1 is 1.56 bits per heavy atom. The van der Waals surface area contributed by atoms with Gasteiger partial charge in [-0.15, -0.1) is 11.3 Å². The number of hydrogen-bond donors (Lipinski definition) is 1. The minimum atomic E-state index is 0.678. The lowest BCUT2D eigenvalue weighted by molar-refractivity contribution is 0.139. The lowest BCUT2D eigenvalue weighted by Crippen LogP contribution is -2.40. The van der Waals surface area contributed by atoms with Gasteiger partial charge in [-0.1, -0.05) is 0 Å². The van der Waals surface area contributed by atoms with E-state index < -0.39 is 0 Å². The highest BCUT2D eigenvalue weighted by Crippen LogP contribution is 2.23. The summed E-state index contributed by atoms with van der Waals surface area (Å²) in [7, 11) is 0. The van der Waals surface area contributed by atoms with Gasteiger partial charge in [0, 0.05) is 30.8 Å². The fourth-order valence-corrected chi connectivity index (χ4v) is 3.63. The first-order valence-corrected chi connectivity index (χ1v) is 7.94. The summed E-state index contributed by atoms with van der Waals surface area (Å²) in [6.07, 6.45) is 4.76. The van der Waals surface area contributed by atoms with Gasteiger partial charge in [-0.05, 0) is 45.7 Å². The molecule has 1 atom stereocenters. The lowest BCUT2D eigenvalue weighted by Gasteiger charge is -2.35. The molecule has 1 aliphatic rings. The Hall–Kier alpha value is -0.450. The summed E-state index contributed by atoms with van der Waals surface area (Å²) in [4.78, 5) is 7.28. The first-order valence-electron chi connectivity index (χ1n) is 7.06. The van der Waals surface area contributed by atoms with E-state index in [0.717, 1.165) is 18.8 Å². The molecule has 1 saturated heterocycles. The number of hydrogen-bond acceptors (Lipinski definition) is 4. The van der Waals surface area contributed by atoms with Crippen LogP contribution in [0.1, 0.15) is 37.4 Å². The molecule has 0 aliphatic carbocycles. The summed E-state index contributed by atoms with van der Waals surface area (Å²) in [6, 6.07) is 0.678. The second kappa shape index (κ2) is 6.64. The quantitative estimate of drug-likeness (QED) is 0.890. The zero-order valence-corrected chi connectivity index (χ0v) is 12.4. The standard InChI is InChI=1S/C14H25N3S/c1-11(2)17-7-3-4-12(9-17)8-14-16-13(5-6-15)10-18-14/h10-12H,3-9,15H2,1-2H3. The lowest BCUT2D eigenvalue weighted by atomic mass is 9.94. The molecule has 3 nitrogen and oxygen atoms in total. The Kier molecular flexibility index (Phi) is 5.15. The van der Waals surface area contributed by atoms with Crippen LogP contribution in [0.3, 0.4) is 0 Å². The molecule has 18 heavy (non-hydrogen) atoms. The molecule has 2 rings (SSSR count). The average molecular weight is 267 g/mol. The molecule has 0 bridgehead atoms. The third kappa shape index (κ3) is 3.77. The second-order valence-electron chi connectivity index (χ2n) is 5.57. The van der Waals surface area contributed by atoms with Crippen LogP contribution in [0.15, 0.2) is 5.38 Å². The van der Waals surface area contributed by atoms with E-state index in [1.807, 2.05) is 11.3 Å². The van der Waals surface area contributed by atoms with Gasteiger partial charge in [-0.25, -0.2) is 4.98 Å². The van der Waals surface area contributed by atoms with E-state index in [1.54, 1.807) is 0 Å². The van der Waals surface area contributed by atoms with Crippen LogP contribution in [0, 0.1) is 5.92 Å². The summed E-state index contributed by atoms with van der Waals surface area (Å²) in [5, 5.41) is 3.47. The molecular formula is C14H25N3S. The monoisotopic (exact) mass is 267 g/mol. The van der Waals surface area contributed by atoms with Gasteiger partial charge in [-0.3, -0.25) is 0 Å². The summed E-state index contributed by atoms with van der Waals surface area (Å²) in [6.45, 7) is 7.80. The predicted octanol–water partition coefficient (Wildman–Crippen LogP) is 2.31. The zero-order chi connectivity index (χ0) is 13.0. The smallest absolute Gasteiger partial charge is 0.0931 e. The molecule has 4 heteroatoms. The maximum Gasteiger partial charge on any atom is 0.0931 e. The van der Waals surface area contributed by atoms with E-state index in [1.165, 1.54) is 36.6 Å². The molecule has 0 aromatic carbocycles. The maximum absolute atomic E-state index is 5.56. The van der Waals surface area contributed by atoms with Crippen LogP contribution in [0.2, 0.25) is 0 Å². The summed E-state index contributed by atoms with van der Waals surface area (Å²) < 4.78 is 0. The highest BCUT2D eigenvalue weighted by molar-refractivity contribution is 7.09. The predicted molar refractivity (Wildman–Crippen MR) is 78.0 cm³/mol. The molecule has 0 amide bonds. The van der Waals surface area contributed by atoms with E-state index >= 15 is 0 Å². The number of nitrogens with zero attached hydrogens (tertiary/aromatic N) is 2. The normalized spacial score (nSPS) is 21.7. The van der Waals surface area contributed by atoms with Crippen LogP contribution in [0.5, 0.6) is 0 Å². The van der Waals surface area contributed by atoms with Gasteiger partial charge in [0.15, 0.2) is 0 Å². The van der Waals surface area contributed by atoms with Gasteiger partial charge in [0.05, 0.1) is 10.7 Å². The largest absolute Gasteiger partial charge is 0.330 e. The molecule has 102 valence electrons. The topological polar surface area (TPSA) is 42.2 Å². The average Bonchev–Trinajstić information content (AvgIpc) is 2.77. The first kappa shape index (κ1) is 14.0. The van der Waals surface area contributed by atoms with Crippen molar-refractivity contribution in [3.8, 4) is 0 Å². The Morgan fingerprint density at radius 2 is 2.39 bits per heavy atom. The molecule has 0 spiro atoms. The zero-order valence-electron chi connectivity index (χ0n) is 11.6. The second-order valence-corrected chi connectivity index (χ2v) is 6.51. The molecule has 0 saturated carbocycles. The van der Waals surface area contributed by atoms with Crippen LogP contribution >= 0.6 is 11.3 Å². The third-order valence-electron chi connectivity index (χ3n) is 3.74. The van der Waals surface area contributed by atoms with Crippen LogP contribution < -0.4 is 5.73 Å². The van der Waals surface area contributed by atoms with Gasteiger partial charge in [0.2, 0.25) is 0 Å². The van der Waals surface area contributed by atoms with Gasteiger partial charge in [0.1, 0.15) is 0 Å². The Balaban J connectivity index is 1.87. The number of nitrogens with two attached hydrogens (primary N) is 1. The molecule has 1 fully saturated rings. The Bertz CT molecular complexity index is 362. The highest BCUT2D eigenvalue weighted by Gasteiger charge is 2.22. The van der Waals surface area contributed by atoms with Crippen molar-refractivity contribution in [2.45, 2.75) is 45.6 Å². The number of piperidine rings is 1. The molecule has 1 unspecified atom stereocenters. The van der Waals surface area contributed by atoms with Crippen molar-refractivity contribution >= 4 is 11.3 Å². The molecule has 1 aromatic heterocycles. The van der Waals surface area contributed by atoms with Gasteiger partial charge in [0.25, 0.3) is 0 Å². The fourth-order valence-electron chi connectivity index (χ4n) is 2.69. The molecule has 0 radical (unpaired) electrons. The molecule has 2 N–H and O–H groups in total. The summed E-state index contributed by atoms with van der Waals surface area (Å²) in [5.41, 5.74) is 6.74. The van der Waals surface area contributed by atoms with E-state index in [0.29, 0.717) is 12.6 Å². The van der Waals surface area contributed by atoms with E-state index in [2.05, 4.69) is 29.1 Å². The van der Waals surface area contributed by atoms with Crippen molar-refractivity contribution in [1.29, 1.82) is 0 Å². The van der Waals surface area contributed by atoms with E-state index in [9.17, 15) is 0 Å². The van der Waals surface area contributed by atoms with Crippen LogP contribution in [-0.4, -0.2) is 35.6 Å². The van der Waals surface area contributed by atoms with Crippen LogP contribution in [-0.2, 0) is 12.8 Å². The molecular weight excluding hydrogens is 242 g/mol. The Morgan fingerprint density at radius 3 is 3.11 bits per heavy atom. The summed E-state index contributed by atoms with van der Waals surface area (Å²) in [5.74, 6) is 0.790. The van der Waals surface area contributed by atoms with Gasteiger partial charge < -0.3 is 10.6 Å². The molecule has 1 aliphatic heterocycles. The van der Waals surface area contributed by atoms with Crippen LogP contribution in [0.25, 0.3) is 0 Å². The minimum absolute atomic E-state index is 0.678. The number of aromatic nitrogens is 1. The molecule has 2 heterocycles.